The highest BCUT2D eigenvalue weighted by atomic mass is 79.9. The molecule has 1 N–H and O–H groups in total. The third-order valence-electron chi connectivity index (χ3n) is 5.30. The monoisotopic (exact) mass is 537 g/mol. The molecular formula is C24H32BrN3O4S. The van der Waals surface area contributed by atoms with Gasteiger partial charge in [-0.3, -0.25) is 13.9 Å². The number of rotatable bonds is 11. The molecule has 0 aromatic heterocycles. The lowest BCUT2D eigenvalue weighted by molar-refractivity contribution is -0.139. The second-order valence-electron chi connectivity index (χ2n) is 8.03. The molecule has 2 aromatic rings. The summed E-state index contributed by atoms with van der Waals surface area (Å²) in [5, 5.41) is 2.86. The van der Waals surface area contributed by atoms with Gasteiger partial charge in [-0.25, -0.2) is 8.42 Å². The van der Waals surface area contributed by atoms with Crippen LogP contribution in [0.2, 0.25) is 0 Å². The number of hydrogen-bond acceptors (Lipinski definition) is 4. The quantitative estimate of drug-likeness (QED) is 0.441. The summed E-state index contributed by atoms with van der Waals surface area (Å²) >= 11 is 3.41. The van der Waals surface area contributed by atoms with Crippen LogP contribution in [-0.2, 0) is 26.2 Å². The Morgan fingerprint density at radius 3 is 2.36 bits per heavy atom. The molecule has 0 aliphatic carbocycles. The lowest BCUT2D eigenvalue weighted by Gasteiger charge is -2.31. The summed E-state index contributed by atoms with van der Waals surface area (Å²) in [6.45, 7) is 5.86. The molecule has 33 heavy (non-hydrogen) atoms. The third kappa shape index (κ3) is 7.85. The van der Waals surface area contributed by atoms with E-state index in [1.54, 1.807) is 25.1 Å². The number of nitrogens with one attached hydrogen (secondary N) is 1. The van der Waals surface area contributed by atoms with Crippen LogP contribution in [0.1, 0.15) is 37.8 Å². The number of carbonyl (C=O) groups is 2. The molecule has 0 fully saturated rings. The molecule has 0 aliphatic rings. The van der Waals surface area contributed by atoms with E-state index in [4.69, 9.17) is 0 Å². The maximum atomic E-state index is 13.4. The van der Waals surface area contributed by atoms with Crippen LogP contribution < -0.4 is 9.62 Å². The smallest absolute Gasteiger partial charge is 0.244 e. The molecule has 0 unspecified atom stereocenters. The molecule has 0 aliphatic heterocycles. The molecule has 0 spiro atoms. The normalized spacial score (nSPS) is 12.2. The molecule has 180 valence electrons. The number of unbranched alkanes of at least 4 members (excludes halogenated alkanes) is 1. The molecule has 1 atom stereocenters. The number of carbonyl (C=O) groups excluding carboxylic acids is 2. The minimum atomic E-state index is -3.74. The molecule has 2 rings (SSSR count). The van der Waals surface area contributed by atoms with E-state index in [9.17, 15) is 18.0 Å². The summed E-state index contributed by atoms with van der Waals surface area (Å²) in [6, 6.07) is 13.7. The second-order valence-corrected chi connectivity index (χ2v) is 10.8. The van der Waals surface area contributed by atoms with Gasteiger partial charge in [0.05, 0.1) is 11.9 Å². The van der Waals surface area contributed by atoms with E-state index >= 15 is 0 Å². The van der Waals surface area contributed by atoms with Gasteiger partial charge in [0, 0.05) is 17.6 Å². The first kappa shape index (κ1) is 26.9. The van der Waals surface area contributed by atoms with Crippen molar-refractivity contribution in [2.24, 2.45) is 0 Å². The van der Waals surface area contributed by atoms with Crippen LogP contribution in [0, 0.1) is 6.92 Å². The van der Waals surface area contributed by atoms with Crippen molar-refractivity contribution in [3.8, 4) is 0 Å². The van der Waals surface area contributed by atoms with E-state index in [0.717, 1.165) is 39.0 Å². The minimum Gasteiger partial charge on any atom is -0.354 e. The SMILES string of the molecule is CCCCNC(=O)[C@H](C)N(Cc1ccccc1)C(=O)CN(c1ccc(Br)c(C)c1)S(C)(=O)=O. The van der Waals surface area contributed by atoms with Crippen LogP contribution in [-0.4, -0.2) is 50.5 Å². The van der Waals surface area contributed by atoms with E-state index in [0.29, 0.717) is 12.2 Å². The number of anilines is 1. The summed E-state index contributed by atoms with van der Waals surface area (Å²) < 4.78 is 27.1. The van der Waals surface area contributed by atoms with Gasteiger partial charge in [0.2, 0.25) is 21.8 Å². The Hall–Kier alpha value is -2.39. The summed E-state index contributed by atoms with van der Waals surface area (Å²) in [4.78, 5) is 27.6. The largest absolute Gasteiger partial charge is 0.354 e. The van der Waals surface area contributed by atoms with E-state index in [2.05, 4.69) is 21.2 Å². The van der Waals surface area contributed by atoms with Crippen molar-refractivity contribution in [3.05, 3.63) is 64.1 Å². The van der Waals surface area contributed by atoms with E-state index in [-0.39, 0.29) is 12.5 Å². The molecule has 0 heterocycles. The number of hydrogen-bond donors (Lipinski definition) is 1. The number of amides is 2. The van der Waals surface area contributed by atoms with Crippen LogP contribution in [0.3, 0.4) is 0 Å². The Labute approximate surface area is 205 Å². The molecule has 0 saturated carbocycles. The van der Waals surface area contributed by atoms with Crippen molar-refractivity contribution in [2.75, 3.05) is 23.7 Å². The predicted octanol–water partition coefficient (Wildman–Crippen LogP) is 3.86. The van der Waals surface area contributed by atoms with Gasteiger partial charge in [-0.15, -0.1) is 0 Å². The van der Waals surface area contributed by atoms with Gasteiger partial charge in [-0.2, -0.15) is 0 Å². The zero-order chi connectivity index (χ0) is 24.6. The highest BCUT2D eigenvalue weighted by molar-refractivity contribution is 9.10. The molecule has 0 radical (unpaired) electrons. The average molecular weight is 539 g/mol. The van der Waals surface area contributed by atoms with Crippen LogP contribution in [0.4, 0.5) is 5.69 Å². The predicted molar refractivity (Wildman–Crippen MR) is 135 cm³/mol. The zero-order valence-corrected chi connectivity index (χ0v) is 21.9. The van der Waals surface area contributed by atoms with Crippen molar-refractivity contribution >= 4 is 43.5 Å². The van der Waals surface area contributed by atoms with Crippen molar-refractivity contribution in [1.29, 1.82) is 0 Å². The molecule has 0 bridgehead atoms. The molecule has 2 aromatic carbocycles. The average Bonchev–Trinajstić information content (AvgIpc) is 2.77. The topological polar surface area (TPSA) is 86.8 Å². The van der Waals surface area contributed by atoms with Crippen molar-refractivity contribution in [1.82, 2.24) is 10.2 Å². The van der Waals surface area contributed by atoms with Gasteiger partial charge in [0.25, 0.3) is 0 Å². The molecular weight excluding hydrogens is 506 g/mol. The number of nitrogens with zero attached hydrogens (tertiary/aromatic N) is 2. The highest BCUT2D eigenvalue weighted by Crippen LogP contribution is 2.25. The number of aryl methyl sites for hydroxylation is 1. The Balaban J connectivity index is 2.34. The fraction of sp³-hybridized carbons (Fsp3) is 0.417. The Bertz CT molecular complexity index is 1060. The van der Waals surface area contributed by atoms with Gasteiger partial charge in [-0.1, -0.05) is 59.6 Å². The number of benzene rings is 2. The van der Waals surface area contributed by atoms with E-state index < -0.39 is 28.5 Å². The van der Waals surface area contributed by atoms with Gasteiger partial charge in [-0.05, 0) is 49.6 Å². The molecule has 7 nitrogen and oxygen atoms in total. The second kappa shape index (κ2) is 12.2. The fourth-order valence-electron chi connectivity index (χ4n) is 3.30. The van der Waals surface area contributed by atoms with Crippen molar-refractivity contribution in [3.63, 3.8) is 0 Å². The van der Waals surface area contributed by atoms with Gasteiger partial charge in [0.15, 0.2) is 0 Å². The van der Waals surface area contributed by atoms with Crippen LogP contribution in [0.5, 0.6) is 0 Å². The lowest BCUT2D eigenvalue weighted by atomic mass is 10.1. The lowest BCUT2D eigenvalue weighted by Crippen LogP contribution is -2.51. The first-order valence-electron chi connectivity index (χ1n) is 10.9. The maximum Gasteiger partial charge on any atom is 0.244 e. The van der Waals surface area contributed by atoms with Gasteiger partial charge < -0.3 is 10.2 Å². The Morgan fingerprint density at radius 2 is 1.79 bits per heavy atom. The third-order valence-corrected chi connectivity index (χ3v) is 7.33. The zero-order valence-electron chi connectivity index (χ0n) is 19.5. The maximum absolute atomic E-state index is 13.4. The van der Waals surface area contributed by atoms with Crippen LogP contribution in [0.25, 0.3) is 0 Å². The number of halogens is 1. The molecule has 0 saturated heterocycles. The molecule has 2 amide bonds. The summed E-state index contributed by atoms with van der Waals surface area (Å²) in [7, 11) is -3.74. The van der Waals surface area contributed by atoms with Gasteiger partial charge in [0.1, 0.15) is 12.6 Å². The fourth-order valence-corrected chi connectivity index (χ4v) is 4.38. The first-order chi connectivity index (χ1) is 15.5. The standard InChI is InChI=1S/C24H32BrN3O4S/c1-5-6-14-26-24(30)19(3)27(16-20-10-8-7-9-11-20)23(29)17-28(33(4,31)32)21-12-13-22(25)18(2)15-21/h7-13,15,19H,5-6,14,16-17H2,1-4H3,(H,26,30)/t19-/m0/s1. The summed E-state index contributed by atoms with van der Waals surface area (Å²) in [5.74, 6) is -0.721. The highest BCUT2D eigenvalue weighted by Gasteiger charge is 2.30. The Kier molecular flexibility index (Phi) is 9.91. The van der Waals surface area contributed by atoms with Gasteiger partial charge >= 0.3 is 0 Å². The Morgan fingerprint density at radius 1 is 1.12 bits per heavy atom. The van der Waals surface area contributed by atoms with E-state index in [1.807, 2.05) is 44.2 Å². The summed E-state index contributed by atoms with van der Waals surface area (Å²) in [5.41, 5.74) is 2.09. The minimum absolute atomic E-state index is 0.193. The van der Waals surface area contributed by atoms with Crippen LogP contribution in [0.15, 0.2) is 53.0 Å². The number of sulfonamides is 1. The van der Waals surface area contributed by atoms with Crippen molar-refractivity contribution in [2.45, 2.75) is 46.2 Å². The molecule has 9 heteroatoms. The van der Waals surface area contributed by atoms with E-state index in [1.165, 1.54) is 4.90 Å². The summed E-state index contributed by atoms with van der Waals surface area (Å²) in [6.07, 6.45) is 2.85. The van der Waals surface area contributed by atoms with Crippen molar-refractivity contribution < 1.29 is 18.0 Å². The van der Waals surface area contributed by atoms with Crippen LogP contribution >= 0.6 is 15.9 Å². The first-order valence-corrected chi connectivity index (χ1v) is 13.5.